The summed E-state index contributed by atoms with van der Waals surface area (Å²) in [6.45, 7) is 5.16. The van der Waals surface area contributed by atoms with E-state index in [1.165, 1.54) is 25.3 Å². The van der Waals surface area contributed by atoms with Gasteiger partial charge >= 0.3 is 18.1 Å². The molecule has 0 fully saturated rings. The molecule has 0 aliphatic rings. The minimum absolute atomic E-state index is 0.0702. The first-order valence-electron chi connectivity index (χ1n) is 9.32. The number of nitrogens with zero attached hydrogens (tertiary/aromatic N) is 2. The molecular weight excluding hydrogens is 410 g/mol. The molecule has 0 aromatic heterocycles. The summed E-state index contributed by atoms with van der Waals surface area (Å²) < 4.78 is 9.56. The van der Waals surface area contributed by atoms with Crippen molar-refractivity contribution in [3.63, 3.8) is 0 Å². The van der Waals surface area contributed by atoms with Crippen molar-refractivity contribution in [2.45, 2.75) is 45.3 Å². The third kappa shape index (κ3) is 9.56. The number of aromatic hydroxyl groups is 1. The van der Waals surface area contributed by atoms with Crippen molar-refractivity contribution >= 4 is 29.7 Å². The first-order valence-corrected chi connectivity index (χ1v) is 9.32. The lowest BCUT2D eigenvalue weighted by atomic mass is 10.1. The number of anilines is 1. The summed E-state index contributed by atoms with van der Waals surface area (Å²) in [5.74, 6) is -1.75. The number of ether oxygens (including phenoxy) is 2. The Kier molecular flexibility index (Phi) is 9.38. The molecule has 12 heteroatoms. The van der Waals surface area contributed by atoms with Crippen LogP contribution in [0.2, 0.25) is 0 Å². The van der Waals surface area contributed by atoms with E-state index in [0.717, 1.165) is 0 Å². The maximum Gasteiger partial charge on any atom is 0.452 e. The Morgan fingerprint density at radius 3 is 2.45 bits per heavy atom. The van der Waals surface area contributed by atoms with Gasteiger partial charge in [0.05, 0.1) is 7.11 Å². The van der Waals surface area contributed by atoms with E-state index in [1.54, 1.807) is 20.8 Å². The Balaban J connectivity index is 2.91. The van der Waals surface area contributed by atoms with Gasteiger partial charge < -0.3 is 30.9 Å². The van der Waals surface area contributed by atoms with Gasteiger partial charge in [-0.15, -0.1) is 0 Å². The van der Waals surface area contributed by atoms with Gasteiger partial charge in [-0.05, 0) is 45.7 Å². The fourth-order valence-electron chi connectivity index (χ4n) is 2.26. The van der Waals surface area contributed by atoms with Gasteiger partial charge in [0.15, 0.2) is 6.04 Å². The summed E-state index contributed by atoms with van der Waals surface area (Å²) in [4.78, 5) is 46.7. The monoisotopic (exact) mass is 437 g/mol. The van der Waals surface area contributed by atoms with Crippen molar-refractivity contribution in [1.29, 1.82) is 0 Å². The number of urea groups is 1. The summed E-state index contributed by atoms with van der Waals surface area (Å²) in [6.07, 6.45) is -0.508. The van der Waals surface area contributed by atoms with Gasteiger partial charge in [0.25, 0.3) is 5.91 Å². The fourth-order valence-corrected chi connectivity index (χ4v) is 2.26. The van der Waals surface area contributed by atoms with Crippen molar-refractivity contribution in [1.82, 2.24) is 5.32 Å². The second-order valence-corrected chi connectivity index (χ2v) is 7.36. The Morgan fingerprint density at radius 1 is 1.23 bits per heavy atom. The number of primary amides is 1. The molecule has 0 unspecified atom stereocenters. The number of methoxy groups -OCH3 is 1. The number of amides is 4. The standard InChI is InChI=1S/C19H27N5O7/c1-19(2,3)31-18(29)24-23-13(6-5-9-21-17(20)28)15(26)22-11-7-8-12(14(25)10-11)16(27)30-4/h7-8,10,13,25H,5-6,9H2,1-4H3,(H,22,26)(H3,20,21,28)/t13-/m0/s1. The van der Waals surface area contributed by atoms with Crippen molar-refractivity contribution in [3.8, 4) is 5.75 Å². The Morgan fingerprint density at radius 2 is 1.90 bits per heavy atom. The third-order valence-electron chi connectivity index (χ3n) is 3.60. The van der Waals surface area contributed by atoms with Crippen molar-refractivity contribution in [3.05, 3.63) is 23.8 Å². The number of rotatable bonds is 8. The van der Waals surface area contributed by atoms with E-state index in [2.05, 4.69) is 25.6 Å². The topological polar surface area (TPSA) is 182 Å². The molecule has 5 N–H and O–H groups in total. The number of azo groups is 1. The molecule has 31 heavy (non-hydrogen) atoms. The number of hydrogen-bond acceptors (Lipinski definition) is 8. The molecule has 0 aliphatic carbocycles. The smallest absolute Gasteiger partial charge is 0.452 e. The third-order valence-corrected chi connectivity index (χ3v) is 3.60. The highest BCUT2D eigenvalue weighted by atomic mass is 16.6. The summed E-state index contributed by atoms with van der Waals surface area (Å²) in [5, 5.41) is 22.0. The number of esters is 1. The molecule has 1 aromatic carbocycles. The molecule has 1 rings (SSSR count). The van der Waals surface area contributed by atoms with E-state index in [4.69, 9.17) is 10.5 Å². The lowest BCUT2D eigenvalue weighted by Gasteiger charge is -2.17. The first-order chi connectivity index (χ1) is 14.4. The van der Waals surface area contributed by atoms with Crippen LogP contribution in [0.5, 0.6) is 5.75 Å². The number of benzene rings is 1. The predicted octanol–water partition coefficient (Wildman–Crippen LogP) is 2.32. The number of carbonyl (C=O) groups is 4. The summed E-state index contributed by atoms with van der Waals surface area (Å²) in [7, 11) is 1.17. The van der Waals surface area contributed by atoms with Gasteiger partial charge in [0, 0.05) is 18.3 Å². The molecule has 0 spiro atoms. The number of phenolic OH excluding ortho intramolecular Hbond substituents is 1. The Labute approximate surface area is 179 Å². The molecule has 1 aromatic rings. The number of hydrogen-bond donors (Lipinski definition) is 4. The number of phenols is 1. The van der Waals surface area contributed by atoms with Gasteiger partial charge in [0.2, 0.25) is 0 Å². The minimum Gasteiger partial charge on any atom is -0.507 e. The lowest BCUT2D eigenvalue weighted by molar-refractivity contribution is -0.117. The van der Waals surface area contributed by atoms with Crippen LogP contribution in [0.1, 0.15) is 44.0 Å². The van der Waals surface area contributed by atoms with E-state index < -0.39 is 35.6 Å². The molecule has 0 aliphatic heterocycles. The summed E-state index contributed by atoms with van der Waals surface area (Å²) in [6, 6.07) is 2.04. The highest BCUT2D eigenvalue weighted by Gasteiger charge is 2.21. The fraction of sp³-hybridized carbons (Fsp3) is 0.474. The van der Waals surface area contributed by atoms with E-state index in [0.29, 0.717) is 6.42 Å². The zero-order valence-corrected chi connectivity index (χ0v) is 17.8. The van der Waals surface area contributed by atoms with Crippen LogP contribution in [-0.2, 0) is 14.3 Å². The van der Waals surface area contributed by atoms with E-state index in [-0.39, 0.29) is 30.0 Å². The highest BCUT2D eigenvalue weighted by molar-refractivity contribution is 5.97. The van der Waals surface area contributed by atoms with Crippen LogP contribution in [-0.4, -0.2) is 54.4 Å². The molecule has 170 valence electrons. The molecule has 12 nitrogen and oxygen atoms in total. The number of carbonyl (C=O) groups excluding carboxylic acids is 4. The Hall–Kier alpha value is -3.70. The van der Waals surface area contributed by atoms with E-state index in [1.807, 2.05) is 0 Å². The minimum atomic E-state index is -1.09. The second kappa shape index (κ2) is 11.5. The predicted molar refractivity (Wildman–Crippen MR) is 110 cm³/mol. The normalized spacial score (nSPS) is 12.1. The molecular formula is C19H27N5O7. The zero-order valence-electron chi connectivity index (χ0n) is 17.8. The highest BCUT2D eigenvalue weighted by Crippen LogP contribution is 2.23. The molecule has 0 heterocycles. The summed E-state index contributed by atoms with van der Waals surface area (Å²) in [5.41, 5.74) is 4.33. The van der Waals surface area contributed by atoms with Crippen LogP contribution in [0.15, 0.2) is 28.4 Å². The van der Waals surface area contributed by atoms with Crippen LogP contribution in [0, 0.1) is 0 Å². The van der Waals surface area contributed by atoms with Crippen molar-refractivity contribution < 1.29 is 33.8 Å². The lowest BCUT2D eigenvalue weighted by Crippen LogP contribution is -2.32. The average Bonchev–Trinajstić information content (AvgIpc) is 2.65. The second-order valence-electron chi connectivity index (χ2n) is 7.36. The van der Waals surface area contributed by atoms with Crippen LogP contribution in [0.3, 0.4) is 0 Å². The average molecular weight is 437 g/mol. The van der Waals surface area contributed by atoms with Crippen molar-refractivity contribution in [2.75, 3.05) is 19.0 Å². The van der Waals surface area contributed by atoms with Gasteiger partial charge in [-0.25, -0.2) is 14.4 Å². The van der Waals surface area contributed by atoms with Crippen LogP contribution in [0.25, 0.3) is 0 Å². The first kappa shape index (κ1) is 25.3. The van der Waals surface area contributed by atoms with Crippen LogP contribution in [0.4, 0.5) is 15.3 Å². The SMILES string of the molecule is COC(=O)c1ccc(NC(=O)[C@H](CCCNC(N)=O)N=NC(=O)OC(C)(C)C)cc1O. The van der Waals surface area contributed by atoms with Gasteiger partial charge in [-0.2, -0.15) is 5.11 Å². The molecule has 0 bridgehead atoms. The van der Waals surface area contributed by atoms with E-state index >= 15 is 0 Å². The number of nitrogens with two attached hydrogens (primary N) is 1. The van der Waals surface area contributed by atoms with Gasteiger partial charge in [0.1, 0.15) is 16.9 Å². The molecule has 4 amide bonds. The maximum absolute atomic E-state index is 12.6. The molecule has 1 atom stereocenters. The summed E-state index contributed by atoms with van der Waals surface area (Å²) >= 11 is 0. The molecule has 0 radical (unpaired) electrons. The van der Waals surface area contributed by atoms with Crippen molar-refractivity contribution in [2.24, 2.45) is 16.0 Å². The van der Waals surface area contributed by atoms with Crippen LogP contribution >= 0.6 is 0 Å². The Bertz CT molecular complexity index is 849. The quantitative estimate of drug-likeness (QED) is 0.273. The van der Waals surface area contributed by atoms with Gasteiger partial charge in [-0.3, -0.25) is 4.79 Å². The maximum atomic E-state index is 12.6. The largest absolute Gasteiger partial charge is 0.507 e. The molecule has 0 saturated heterocycles. The zero-order chi connectivity index (χ0) is 23.6. The number of nitrogens with one attached hydrogen (secondary N) is 2. The van der Waals surface area contributed by atoms with Crippen LogP contribution < -0.4 is 16.4 Å². The van der Waals surface area contributed by atoms with E-state index in [9.17, 15) is 24.3 Å². The molecule has 0 saturated carbocycles. The van der Waals surface area contributed by atoms with Gasteiger partial charge in [-0.1, -0.05) is 5.11 Å².